The fourth-order valence-corrected chi connectivity index (χ4v) is 2.02. The molecule has 1 aliphatic heterocycles. The van der Waals surface area contributed by atoms with Crippen LogP contribution in [0.4, 0.5) is 0 Å². The predicted molar refractivity (Wildman–Crippen MR) is 86.1 cm³/mol. The molecule has 5 nitrogen and oxygen atoms in total. The van der Waals surface area contributed by atoms with Gasteiger partial charge in [0.1, 0.15) is 5.82 Å². The Morgan fingerprint density at radius 2 is 2.05 bits per heavy atom. The zero-order valence-electron chi connectivity index (χ0n) is 10.9. The highest BCUT2D eigenvalue weighted by Crippen LogP contribution is 2.37. The quantitative estimate of drug-likeness (QED) is 0.785. The summed E-state index contributed by atoms with van der Waals surface area (Å²) in [5, 5.41) is 6.55. The van der Waals surface area contributed by atoms with Crippen molar-refractivity contribution in [3.8, 4) is 0 Å². The van der Waals surface area contributed by atoms with Gasteiger partial charge >= 0.3 is 0 Å². The fourth-order valence-electron chi connectivity index (χ4n) is 2.02. The van der Waals surface area contributed by atoms with E-state index >= 15 is 0 Å². The maximum absolute atomic E-state index is 4.42. The highest BCUT2D eigenvalue weighted by molar-refractivity contribution is 14.0. The zero-order chi connectivity index (χ0) is 12.2. The van der Waals surface area contributed by atoms with Crippen molar-refractivity contribution in [3.05, 3.63) is 23.8 Å². The molecule has 1 aliphatic carbocycles. The zero-order valence-corrected chi connectivity index (χ0v) is 13.3. The largest absolute Gasteiger partial charge is 0.356 e. The second-order valence-corrected chi connectivity index (χ2v) is 4.91. The van der Waals surface area contributed by atoms with Crippen LogP contribution in [0.1, 0.15) is 36.6 Å². The van der Waals surface area contributed by atoms with Crippen molar-refractivity contribution in [2.45, 2.75) is 31.6 Å². The molecular formula is C13H20IN5. The number of guanidine groups is 1. The summed E-state index contributed by atoms with van der Waals surface area (Å²) in [5.74, 6) is 2.58. The minimum atomic E-state index is 0. The van der Waals surface area contributed by atoms with Crippen molar-refractivity contribution in [2.24, 2.45) is 4.99 Å². The van der Waals surface area contributed by atoms with Gasteiger partial charge < -0.3 is 10.6 Å². The van der Waals surface area contributed by atoms with Gasteiger partial charge in [-0.25, -0.2) is 9.97 Å². The molecular weight excluding hydrogens is 353 g/mol. The number of nitrogens with zero attached hydrogens (tertiary/aromatic N) is 3. The van der Waals surface area contributed by atoms with Crippen LogP contribution in [-0.2, 0) is 6.42 Å². The lowest BCUT2D eigenvalue weighted by Crippen LogP contribution is -2.41. The summed E-state index contributed by atoms with van der Waals surface area (Å²) in [5.41, 5.74) is 1.18. The summed E-state index contributed by atoms with van der Waals surface area (Å²) in [6.07, 6.45) is 8.49. The standard InChI is InChI=1S/C13H19N5.HI/c1-5-14-13(15-6-1)16-7-4-10-8-17-12(18-9-10)11-2-3-11;/h8-9,11H,1-7H2,(H2,14,15,16);1H. The summed E-state index contributed by atoms with van der Waals surface area (Å²) >= 11 is 0. The van der Waals surface area contributed by atoms with Crippen molar-refractivity contribution in [1.29, 1.82) is 0 Å². The van der Waals surface area contributed by atoms with Crippen molar-refractivity contribution in [1.82, 2.24) is 20.6 Å². The Balaban J connectivity index is 0.00000133. The molecule has 2 aliphatic rings. The van der Waals surface area contributed by atoms with Gasteiger partial charge in [0.25, 0.3) is 0 Å². The molecule has 0 spiro atoms. The molecule has 0 amide bonds. The van der Waals surface area contributed by atoms with Crippen molar-refractivity contribution < 1.29 is 0 Å². The average molecular weight is 373 g/mol. The van der Waals surface area contributed by atoms with Gasteiger partial charge in [0, 0.05) is 37.9 Å². The summed E-state index contributed by atoms with van der Waals surface area (Å²) in [6.45, 7) is 2.82. The Morgan fingerprint density at radius 1 is 1.26 bits per heavy atom. The molecule has 0 saturated heterocycles. The van der Waals surface area contributed by atoms with Gasteiger partial charge in [-0.1, -0.05) is 0 Å². The maximum atomic E-state index is 4.42. The van der Waals surface area contributed by atoms with E-state index in [1.54, 1.807) is 0 Å². The first-order valence-electron chi connectivity index (χ1n) is 6.75. The average Bonchev–Trinajstić information content (AvgIpc) is 3.25. The predicted octanol–water partition coefficient (Wildman–Crippen LogP) is 1.45. The molecule has 1 saturated carbocycles. The number of hydrogen-bond donors (Lipinski definition) is 2. The number of rotatable bonds is 4. The van der Waals surface area contributed by atoms with Crippen molar-refractivity contribution >= 4 is 29.9 Å². The van der Waals surface area contributed by atoms with Gasteiger partial charge in [0.05, 0.1) is 0 Å². The third-order valence-corrected chi connectivity index (χ3v) is 3.27. The number of aromatic nitrogens is 2. The SMILES string of the molecule is I.c1nc(C2CC2)ncc1CCNC1=NCCCN1. The molecule has 1 aromatic heterocycles. The maximum Gasteiger partial charge on any atom is 0.191 e. The number of hydrogen-bond acceptors (Lipinski definition) is 5. The Bertz CT molecular complexity index is 427. The molecule has 1 fully saturated rings. The molecule has 2 heterocycles. The van der Waals surface area contributed by atoms with Gasteiger partial charge in [-0.3, -0.25) is 4.99 Å². The van der Waals surface area contributed by atoms with Crippen LogP contribution in [0, 0.1) is 0 Å². The number of nitrogens with one attached hydrogen (secondary N) is 2. The first-order chi connectivity index (χ1) is 8.92. The van der Waals surface area contributed by atoms with Crippen LogP contribution in [-0.4, -0.2) is 35.6 Å². The molecule has 3 rings (SSSR count). The lowest BCUT2D eigenvalue weighted by atomic mass is 10.2. The third-order valence-electron chi connectivity index (χ3n) is 3.27. The Kier molecular flexibility index (Phi) is 5.35. The Labute approximate surface area is 130 Å². The van der Waals surface area contributed by atoms with Gasteiger partial charge in [0.15, 0.2) is 5.96 Å². The van der Waals surface area contributed by atoms with Crippen LogP contribution < -0.4 is 10.6 Å². The molecule has 0 atom stereocenters. The third kappa shape index (κ3) is 4.29. The number of aliphatic imine (C=N–C) groups is 1. The van der Waals surface area contributed by atoms with Crippen LogP contribution in [0.3, 0.4) is 0 Å². The van der Waals surface area contributed by atoms with Gasteiger partial charge in [0.2, 0.25) is 0 Å². The lowest BCUT2D eigenvalue weighted by Gasteiger charge is -2.15. The molecule has 0 aromatic carbocycles. The first-order valence-corrected chi connectivity index (χ1v) is 6.75. The van der Waals surface area contributed by atoms with Crippen LogP contribution >= 0.6 is 24.0 Å². The van der Waals surface area contributed by atoms with E-state index in [0.29, 0.717) is 5.92 Å². The summed E-state index contributed by atoms with van der Waals surface area (Å²) in [7, 11) is 0. The minimum Gasteiger partial charge on any atom is -0.356 e. The van der Waals surface area contributed by atoms with E-state index in [9.17, 15) is 0 Å². The highest BCUT2D eigenvalue weighted by atomic mass is 127. The first kappa shape index (κ1) is 14.5. The van der Waals surface area contributed by atoms with Crippen molar-refractivity contribution in [2.75, 3.05) is 19.6 Å². The molecule has 2 N–H and O–H groups in total. The minimum absolute atomic E-state index is 0. The molecule has 104 valence electrons. The van der Waals surface area contributed by atoms with E-state index < -0.39 is 0 Å². The highest BCUT2D eigenvalue weighted by Gasteiger charge is 2.25. The van der Waals surface area contributed by atoms with E-state index in [1.807, 2.05) is 12.4 Å². The normalized spacial score (nSPS) is 18.0. The molecule has 6 heteroatoms. The summed E-state index contributed by atoms with van der Waals surface area (Å²) < 4.78 is 0. The van der Waals surface area contributed by atoms with E-state index in [-0.39, 0.29) is 24.0 Å². The lowest BCUT2D eigenvalue weighted by molar-refractivity contribution is 0.699. The van der Waals surface area contributed by atoms with Crippen LogP contribution in [0.5, 0.6) is 0 Å². The van der Waals surface area contributed by atoms with Crippen LogP contribution in [0.2, 0.25) is 0 Å². The molecule has 19 heavy (non-hydrogen) atoms. The molecule has 0 bridgehead atoms. The molecule has 1 aromatic rings. The Hall–Kier alpha value is -0.920. The van der Waals surface area contributed by atoms with Gasteiger partial charge in [-0.2, -0.15) is 0 Å². The van der Waals surface area contributed by atoms with E-state index in [4.69, 9.17) is 0 Å². The fraction of sp³-hybridized carbons (Fsp3) is 0.615. The summed E-state index contributed by atoms with van der Waals surface area (Å²) in [4.78, 5) is 13.2. The monoisotopic (exact) mass is 373 g/mol. The van der Waals surface area contributed by atoms with Gasteiger partial charge in [-0.15, -0.1) is 24.0 Å². The second kappa shape index (κ2) is 7.02. The second-order valence-electron chi connectivity index (χ2n) is 4.91. The topological polar surface area (TPSA) is 62.2 Å². The molecule has 0 unspecified atom stereocenters. The van der Waals surface area contributed by atoms with Crippen LogP contribution in [0.25, 0.3) is 0 Å². The smallest absolute Gasteiger partial charge is 0.191 e. The van der Waals surface area contributed by atoms with E-state index in [1.165, 1.54) is 18.4 Å². The molecule has 0 radical (unpaired) electrons. The Morgan fingerprint density at radius 3 is 2.68 bits per heavy atom. The van der Waals surface area contributed by atoms with Crippen molar-refractivity contribution in [3.63, 3.8) is 0 Å². The van der Waals surface area contributed by atoms with Crippen LogP contribution in [0.15, 0.2) is 17.4 Å². The number of halogens is 1. The summed E-state index contributed by atoms with van der Waals surface area (Å²) in [6, 6.07) is 0. The van der Waals surface area contributed by atoms with E-state index in [0.717, 1.165) is 44.3 Å². The van der Waals surface area contributed by atoms with E-state index in [2.05, 4.69) is 25.6 Å². The van der Waals surface area contributed by atoms with Gasteiger partial charge in [-0.05, 0) is 31.2 Å².